The number of nitrogens with two attached hydrogens (primary N) is 1. The summed E-state index contributed by atoms with van der Waals surface area (Å²) in [6.45, 7) is -0.192. The van der Waals surface area contributed by atoms with E-state index in [9.17, 15) is 18.8 Å². The summed E-state index contributed by atoms with van der Waals surface area (Å²) in [5.41, 5.74) is 3.84. The summed E-state index contributed by atoms with van der Waals surface area (Å²) in [4.78, 5) is 35.7. The lowest BCUT2D eigenvalue weighted by molar-refractivity contribution is 0.1000. The second kappa shape index (κ2) is 5.30. The number of nitrogens with one attached hydrogen (secondary N) is 1. The topological polar surface area (TPSA) is 97.9 Å². The van der Waals surface area contributed by atoms with Crippen LogP contribution in [-0.4, -0.2) is 15.5 Å². The monoisotopic (exact) mass is 297 g/mol. The lowest BCUT2D eigenvalue weighted by atomic mass is 10.1. The van der Waals surface area contributed by atoms with Gasteiger partial charge in [-0.1, -0.05) is 11.6 Å². The molecule has 8 heteroatoms. The fourth-order valence-electron chi connectivity index (χ4n) is 1.63. The largest absolute Gasteiger partial charge is 0.366 e. The van der Waals surface area contributed by atoms with Crippen LogP contribution in [0.3, 0.4) is 0 Å². The molecule has 1 aromatic carbocycles. The van der Waals surface area contributed by atoms with Crippen LogP contribution in [0.1, 0.15) is 15.9 Å². The number of hydrogen-bond donors (Lipinski definition) is 2. The highest BCUT2D eigenvalue weighted by atomic mass is 35.5. The zero-order valence-electron chi connectivity index (χ0n) is 10.0. The zero-order chi connectivity index (χ0) is 14.9. The Balaban J connectivity index is 2.47. The van der Waals surface area contributed by atoms with Gasteiger partial charge < -0.3 is 5.73 Å². The average Bonchev–Trinajstić information content (AvgIpc) is 2.38. The van der Waals surface area contributed by atoms with Crippen LogP contribution in [0.2, 0.25) is 5.02 Å². The molecule has 0 aliphatic carbocycles. The van der Waals surface area contributed by atoms with Gasteiger partial charge in [-0.15, -0.1) is 0 Å². The maximum atomic E-state index is 13.7. The highest BCUT2D eigenvalue weighted by molar-refractivity contribution is 6.30. The Morgan fingerprint density at radius 1 is 1.40 bits per heavy atom. The number of halogens is 2. The van der Waals surface area contributed by atoms with Crippen molar-refractivity contribution in [2.24, 2.45) is 5.73 Å². The van der Waals surface area contributed by atoms with Gasteiger partial charge >= 0.3 is 5.69 Å². The maximum absolute atomic E-state index is 13.7. The van der Waals surface area contributed by atoms with Crippen LogP contribution in [0.25, 0.3) is 0 Å². The van der Waals surface area contributed by atoms with E-state index in [2.05, 4.69) is 0 Å². The summed E-state index contributed by atoms with van der Waals surface area (Å²) in [6, 6.07) is 3.56. The lowest BCUT2D eigenvalue weighted by Crippen LogP contribution is -2.30. The predicted octanol–water partition coefficient (Wildman–Crippen LogP) is 0.476. The first kappa shape index (κ1) is 14.0. The molecular weight excluding hydrogens is 289 g/mol. The number of benzene rings is 1. The zero-order valence-corrected chi connectivity index (χ0v) is 10.8. The average molecular weight is 298 g/mol. The van der Waals surface area contributed by atoms with Gasteiger partial charge in [-0.2, -0.15) is 0 Å². The molecule has 2 rings (SSSR count). The van der Waals surface area contributed by atoms with E-state index in [1.54, 1.807) is 0 Å². The second-order valence-electron chi connectivity index (χ2n) is 4.03. The Labute approximate surface area is 116 Å². The van der Waals surface area contributed by atoms with Gasteiger partial charge in [0, 0.05) is 17.3 Å². The lowest BCUT2D eigenvalue weighted by Gasteiger charge is -2.08. The molecule has 0 fully saturated rings. The van der Waals surface area contributed by atoms with Gasteiger partial charge in [-0.05, 0) is 18.2 Å². The molecule has 20 heavy (non-hydrogen) atoms. The van der Waals surface area contributed by atoms with Crippen LogP contribution < -0.4 is 17.0 Å². The van der Waals surface area contributed by atoms with E-state index in [1.807, 2.05) is 4.98 Å². The summed E-state index contributed by atoms with van der Waals surface area (Å²) >= 11 is 5.60. The quantitative estimate of drug-likeness (QED) is 0.862. The van der Waals surface area contributed by atoms with Gasteiger partial charge in [0.25, 0.3) is 5.56 Å². The molecule has 0 unspecified atom stereocenters. The van der Waals surface area contributed by atoms with Gasteiger partial charge in [0.05, 0.1) is 6.54 Å². The Kier molecular flexibility index (Phi) is 3.71. The van der Waals surface area contributed by atoms with Crippen molar-refractivity contribution >= 4 is 17.5 Å². The molecular formula is C12H9ClFN3O3. The highest BCUT2D eigenvalue weighted by Crippen LogP contribution is 2.12. The molecule has 2 aromatic rings. The molecule has 0 aliphatic rings. The number of primary amides is 1. The van der Waals surface area contributed by atoms with Crippen molar-refractivity contribution in [3.8, 4) is 0 Å². The highest BCUT2D eigenvalue weighted by Gasteiger charge is 2.10. The molecule has 1 amide bonds. The number of H-pyrrole nitrogens is 1. The van der Waals surface area contributed by atoms with Crippen LogP contribution in [0.5, 0.6) is 0 Å². The SMILES string of the molecule is NC(=O)c1ccc(F)c(Cn2cc(Cl)c(=O)[nH]c2=O)c1. The third-order valence-corrected chi connectivity index (χ3v) is 2.91. The van der Waals surface area contributed by atoms with E-state index in [-0.39, 0.29) is 22.7 Å². The molecule has 0 radical (unpaired) electrons. The van der Waals surface area contributed by atoms with Gasteiger partial charge in [0.1, 0.15) is 10.8 Å². The van der Waals surface area contributed by atoms with Gasteiger partial charge in [-0.25, -0.2) is 9.18 Å². The standard InChI is InChI=1S/C12H9ClFN3O3/c13-8-5-17(12(20)16-11(8)19)4-7-3-6(10(15)18)1-2-9(7)14/h1-3,5H,4H2,(H2,15,18)(H,16,19,20). The van der Waals surface area contributed by atoms with Crippen molar-refractivity contribution in [1.82, 2.24) is 9.55 Å². The predicted molar refractivity (Wildman–Crippen MR) is 70.4 cm³/mol. The third kappa shape index (κ3) is 2.77. The summed E-state index contributed by atoms with van der Waals surface area (Å²) in [5, 5.41) is -0.198. The van der Waals surface area contributed by atoms with Crippen LogP contribution in [0.15, 0.2) is 34.0 Å². The summed E-state index contributed by atoms with van der Waals surface area (Å²) in [5.74, 6) is -1.32. The first-order valence-electron chi connectivity index (χ1n) is 5.46. The summed E-state index contributed by atoms with van der Waals surface area (Å²) in [6.07, 6.45) is 1.10. The Hall–Kier alpha value is -2.41. The third-order valence-electron chi connectivity index (χ3n) is 2.64. The van der Waals surface area contributed by atoms with Crippen molar-refractivity contribution in [2.45, 2.75) is 6.54 Å². The van der Waals surface area contributed by atoms with Crippen molar-refractivity contribution < 1.29 is 9.18 Å². The van der Waals surface area contributed by atoms with Crippen molar-refractivity contribution in [3.05, 3.63) is 67.2 Å². The van der Waals surface area contributed by atoms with Crippen molar-refractivity contribution in [1.29, 1.82) is 0 Å². The number of aromatic amines is 1. The number of nitrogens with zero attached hydrogens (tertiary/aromatic N) is 1. The van der Waals surface area contributed by atoms with E-state index in [0.29, 0.717) is 0 Å². The molecule has 0 atom stereocenters. The number of aromatic nitrogens is 2. The molecule has 1 heterocycles. The van der Waals surface area contributed by atoms with Crippen LogP contribution in [0, 0.1) is 5.82 Å². The second-order valence-corrected chi connectivity index (χ2v) is 4.44. The van der Waals surface area contributed by atoms with Crippen molar-refractivity contribution in [3.63, 3.8) is 0 Å². The van der Waals surface area contributed by atoms with E-state index in [1.165, 1.54) is 12.1 Å². The first-order valence-corrected chi connectivity index (χ1v) is 5.84. The number of hydrogen-bond acceptors (Lipinski definition) is 3. The van der Waals surface area contributed by atoms with E-state index in [4.69, 9.17) is 17.3 Å². The summed E-state index contributed by atoms with van der Waals surface area (Å²) in [7, 11) is 0. The van der Waals surface area contributed by atoms with Gasteiger partial charge in [0.2, 0.25) is 5.91 Å². The Morgan fingerprint density at radius 2 is 2.10 bits per heavy atom. The fraction of sp³-hybridized carbons (Fsp3) is 0.0833. The summed E-state index contributed by atoms with van der Waals surface area (Å²) < 4.78 is 14.7. The fourth-order valence-corrected chi connectivity index (χ4v) is 1.80. The maximum Gasteiger partial charge on any atom is 0.328 e. The minimum Gasteiger partial charge on any atom is -0.366 e. The van der Waals surface area contributed by atoms with Crippen LogP contribution in [0.4, 0.5) is 4.39 Å². The first-order chi connectivity index (χ1) is 9.38. The molecule has 3 N–H and O–H groups in total. The van der Waals surface area contributed by atoms with E-state index < -0.39 is 23.0 Å². The minimum atomic E-state index is -0.733. The van der Waals surface area contributed by atoms with Crippen LogP contribution in [-0.2, 0) is 6.54 Å². The smallest absolute Gasteiger partial charge is 0.328 e. The molecule has 0 saturated carbocycles. The molecule has 104 valence electrons. The van der Waals surface area contributed by atoms with Crippen LogP contribution >= 0.6 is 11.6 Å². The number of carbonyl (C=O) groups excluding carboxylic acids is 1. The molecule has 0 saturated heterocycles. The van der Waals surface area contributed by atoms with Crippen molar-refractivity contribution in [2.75, 3.05) is 0 Å². The number of amides is 1. The number of rotatable bonds is 3. The molecule has 1 aromatic heterocycles. The molecule has 0 bridgehead atoms. The molecule has 6 nitrogen and oxygen atoms in total. The minimum absolute atomic E-state index is 0.0755. The molecule has 0 aliphatic heterocycles. The van der Waals surface area contributed by atoms with E-state index >= 15 is 0 Å². The Morgan fingerprint density at radius 3 is 2.75 bits per heavy atom. The van der Waals surface area contributed by atoms with Gasteiger partial charge in [-0.3, -0.25) is 19.1 Å². The Bertz CT molecular complexity index is 797. The van der Waals surface area contributed by atoms with Gasteiger partial charge in [0.15, 0.2) is 0 Å². The molecule has 0 spiro atoms. The number of carbonyl (C=O) groups is 1. The van der Waals surface area contributed by atoms with E-state index in [0.717, 1.165) is 16.8 Å². The normalized spacial score (nSPS) is 10.5.